The molecule has 10 heteroatoms. The van der Waals surface area contributed by atoms with Crippen molar-refractivity contribution in [3.05, 3.63) is 24.0 Å². The lowest BCUT2D eigenvalue weighted by Crippen LogP contribution is -2.35. The Bertz CT molecular complexity index is 630. The summed E-state index contributed by atoms with van der Waals surface area (Å²) in [5.41, 5.74) is 11.3. The van der Waals surface area contributed by atoms with E-state index in [2.05, 4.69) is 10.3 Å². The van der Waals surface area contributed by atoms with Crippen LogP contribution in [0.5, 0.6) is 0 Å². The minimum Gasteiger partial charge on any atom is -0.450 e. The Morgan fingerprint density at radius 3 is 2.50 bits per heavy atom. The zero-order valence-electron chi connectivity index (χ0n) is 13.1. The number of aliphatic imine (C=N–C) groups is 1. The molecule has 0 bridgehead atoms. The van der Waals surface area contributed by atoms with Crippen LogP contribution < -0.4 is 21.7 Å². The number of carboxylic acid groups (broad SMARTS) is 2. The van der Waals surface area contributed by atoms with Crippen LogP contribution in [0.15, 0.2) is 23.2 Å². The fourth-order valence-electron chi connectivity index (χ4n) is 2.32. The second kappa shape index (κ2) is 8.56. The van der Waals surface area contributed by atoms with Crippen molar-refractivity contribution in [2.45, 2.75) is 19.4 Å². The van der Waals surface area contributed by atoms with Crippen LogP contribution in [0.3, 0.4) is 0 Å². The summed E-state index contributed by atoms with van der Waals surface area (Å²) in [6.07, 6.45) is -0.989. The van der Waals surface area contributed by atoms with Gasteiger partial charge in [-0.15, -0.1) is 0 Å². The Morgan fingerprint density at radius 1 is 1.38 bits per heavy atom. The Kier molecular flexibility index (Phi) is 6.78. The van der Waals surface area contributed by atoms with Gasteiger partial charge in [0.2, 0.25) is 5.91 Å². The number of carbonyl (C=O) groups excluding carboxylic acids is 1. The predicted molar refractivity (Wildman–Crippen MR) is 87.0 cm³/mol. The Hall–Kier alpha value is -3.04. The molecule has 0 unspecified atom stereocenters. The summed E-state index contributed by atoms with van der Waals surface area (Å²) in [7, 11) is 0. The molecule has 0 aromatic heterocycles. The SMILES string of the molecule is CC(=O)N[C@@H]1CCN(c2ccc(N=C(N)N)c(F)c2)C1.O=C(O)O. The summed E-state index contributed by atoms with van der Waals surface area (Å²) < 4.78 is 13.9. The Morgan fingerprint density at radius 2 is 2.00 bits per heavy atom. The first-order valence-corrected chi connectivity index (χ1v) is 7.02. The molecule has 1 atom stereocenters. The van der Waals surface area contributed by atoms with E-state index in [1.165, 1.54) is 19.1 Å². The summed E-state index contributed by atoms with van der Waals surface area (Å²) in [6.45, 7) is 2.93. The third-order valence-electron chi connectivity index (χ3n) is 3.14. The molecule has 1 aromatic rings. The average molecular weight is 341 g/mol. The minimum atomic E-state index is -1.83. The van der Waals surface area contributed by atoms with Crippen LogP contribution in [0, 0.1) is 5.82 Å². The number of guanidine groups is 1. The highest BCUT2D eigenvalue weighted by Crippen LogP contribution is 2.26. The van der Waals surface area contributed by atoms with Gasteiger partial charge in [-0.2, -0.15) is 0 Å². The zero-order chi connectivity index (χ0) is 18.3. The first-order chi connectivity index (χ1) is 11.2. The minimum absolute atomic E-state index is 0.0499. The number of anilines is 1. The maximum absolute atomic E-state index is 13.9. The van der Waals surface area contributed by atoms with Crippen LogP contribution in [0.25, 0.3) is 0 Å². The average Bonchev–Trinajstić information content (AvgIpc) is 2.87. The molecule has 9 nitrogen and oxygen atoms in total. The van der Waals surface area contributed by atoms with Crippen LogP contribution in [-0.2, 0) is 4.79 Å². The fourth-order valence-corrected chi connectivity index (χ4v) is 2.32. The molecule has 0 saturated carbocycles. The number of amides is 1. The van der Waals surface area contributed by atoms with Gasteiger partial charge in [0.1, 0.15) is 5.69 Å². The Labute approximate surface area is 137 Å². The summed E-state index contributed by atoms with van der Waals surface area (Å²) >= 11 is 0. The van der Waals surface area contributed by atoms with Crippen molar-refractivity contribution in [2.24, 2.45) is 16.5 Å². The molecule has 132 valence electrons. The second-order valence-corrected chi connectivity index (χ2v) is 5.09. The highest BCUT2D eigenvalue weighted by atomic mass is 19.1. The smallest absolute Gasteiger partial charge is 0.450 e. The van der Waals surface area contributed by atoms with Gasteiger partial charge in [0.05, 0.1) is 0 Å². The molecule has 7 N–H and O–H groups in total. The fraction of sp³-hybridized carbons (Fsp3) is 0.357. The number of hydrogen-bond acceptors (Lipinski definition) is 4. The lowest BCUT2D eigenvalue weighted by Gasteiger charge is -2.19. The van der Waals surface area contributed by atoms with Crippen molar-refractivity contribution in [2.75, 3.05) is 18.0 Å². The van der Waals surface area contributed by atoms with Crippen molar-refractivity contribution in [3.8, 4) is 0 Å². The summed E-state index contributed by atoms with van der Waals surface area (Å²) in [4.78, 5) is 25.3. The molecule has 1 amide bonds. The van der Waals surface area contributed by atoms with Gasteiger partial charge in [-0.25, -0.2) is 14.2 Å². The number of hydrogen-bond donors (Lipinski definition) is 5. The van der Waals surface area contributed by atoms with E-state index in [0.29, 0.717) is 6.54 Å². The summed E-state index contributed by atoms with van der Waals surface area (Å²) in [5, 5.41) is 16.8. The van der Waals surface area contributed by atoms with E-state index in [4.69, 9.17) is 26.5 Å². The van der Waals surface area contributed by atoms with Gasteiger partial charge >= 0.3 is 6.16 Å². The van der Waals surface area contributed by atoms with Crippen LogP contribution in [0.4, 0.5) is 20.6 Å². The summed E-state index contributed by atoms with van der Waals surface area (Å²) in [6, 6.07) is 4.81. The van der Waals surface area contributed by atoms with Crippen molar-refractivity contribution in [1.29, 1.82) is 0 Å². The third kappa shape index (κ3) is 6.38. The molecule has 1 aromatic carbocycles. The van der Waals surface area contributed by atoms with E-state index in [9.17, 15) is 9.18 Å². The quantitative estimate of drug-likeness (QED) is 0.400. The van der Waals surface area contributed by atoms with E-state index in [0.717, 1.165) is 18.7 Å². The number of nitrogens with one attached hydrogen (secondary N) is 1. The van der Waals surface area contributed by atoms with Gasteiger partial charge < -0.3 is 31.9 Å². The molecule has 0 aliphatic carbocycles. The van der Waals surface area contributed by atoms with Crippen LogP contribution in [0.2, 0.25) is 0 Å². The molecule has 2 rings (SSSR count). The van der Waals surface area contributed by atoms with Gasteiger partial charge in [0.15, 0.2) is 11.8 Å². The highest BCUT2D eigenvalue weighted by molar-refractivity contribution is 5.79. The first-order valence-electron chi connectivity index (χ1n) is 7.02. The molecular weight excluding hydrogens is 321 g/mol. The molecular formula is C14H20FN5O4. The predicted octanol–water partition coefficient (Wildman–Crippen LogP) is 0.668. The Balaban J connectivity index is 0.000000648. The van der Waals surface area contributed by atoms with Gasteiger partial charge in [-0.3, -0.25) is 4.79 Å². The lowest BCUT2D eigenvalue weighted by molar-refractivity contribution is -0.119. The molecule has 1 fully saturated rings. The topological polar surface area (TPSA) is 154 Å². The maximum Gasteiger partial charge on any atom is 0.503 e. The van der Waals surface area contributed by atoms with Crippen molar-refractivity contribution >= 4 is 29.4 Å². The second-order valence-electron chi connectivity index (χ2n) is 5.09. The molecule has 1 aliphatic rings. The van der Waals surface area contributed by atoms with E-state index in [1.807, 2.05) is 4.90 Å². The van der Waals surface area contributed by atoms with Gasteiger partial charge in [-0.05, 0) is 24.6 Å². The van der Waals surface area contributed by atoms with E-state index in [-0.39, 0.29) is 23.6 Å². The third-order valence-corrected chi connectivity index (χ3v) is 3.14. The van der Waals surface area contributed by atoms with Crippen molar-refractivity contribution in [1.82, 2.24) is 5.32 Å². The highest BCUT2D eigenvalue weighted by Gasteiger charge is 2.23. The number of halogens is 1. The molecule has 1 heterocycles. The van der Waals surface area contributed by atoms with Gasteiger partial charge in [0, 0.05) is 31.7 Å². The summed E-state index contributed by atoms with van der Waals surface area (Å²) in [5.74, 6) is -0.700. The van der Waals surface area contributed by atoms with E-state index in [1.54, 1.807) is 6.07 Å². The number of carbonyl (C=O) groups is 2. The zero-order valence-corrected chi connectivity index (χ0v) is 13.1. The van der Waals surface area contributed by atoms with Crippen molar-refractivity contribution in [3.63, 3.8) is 0 Å². The van der Waals surface area contributed by atoms with Crippen molar-refractivity contribution < 1.29 is 24.2 Å². The number of benzene rings is 1. The molecule has 0 radical (unpaired) electrons. The van der Waals surface area contributed by atoms with Crippen LogP contribution in [0.1, 0.15) is 13.3 Å². The number of nitrogens with two attached hydrogens (primary N) is 2. The molecule has 1 saturated heterocycles. The molecule has 0 spiro atoms. The van der Waals surface area contributed by atoms with Gasteiger partial charge in [0.25, 0.3) is 0 Å². The maximum atomic E-state index is 13.9. The normalized spacial score (nSPS) is 15.9. The lowest BCUT2D eigenvalue weighted by atomic mass is 10.2. The number of rotatable bonds is 3. The van der Waals surface area contributed by atoms with Crippen LogP contribution in [-0.4, -0.2) is 47.4 Å². The monoisotopic (exact) mass is 341 g/mol. The first kappa shape index (κ1) is 19.0. The van der Waals surface area contributed by atoms with Crippen LogP contribution >= 0.6 is 0 Å². The number of nitrogens with zero attached hydrogens (tertiary/aromatic N) is 2. The van der Waals surface area contributed by atoms with E-state index >= 15 is 0 Å². The molecule has 24 heavy (non-hydrogen) atoms. The van der Waals surface area contributed by atoms with Gasteiger partial charge in [-0.1, -0.05) is 0 Å². The largest absolute Gasteiger partial charge is 0.503 e. The molecule has 1 aliphatic heterocycles. The van der Waals surface area contributed by atoms with E-state index < -0.39 is 12.0 Å². The standard InChI is InChI=1S/C13H18FN5O.CH2O3/c1-8(20)17-9-4-5-19(7-9)10-2-3-12(11(14)6-10)18-13(15)16;2-1(3)4/h2-3,6,9H,4-5,7H2,1H3,(H,17,20)(H4,15,16,18);(H2,2,3,4)/t9-;/m1./s1.